The molecular formula is C14H20N2O3S2. The number of nitrogens with two attached hydrogens (primary N) is 1. The van der Waals surface area contributed by atoms with Gasteiger partial charge in [-0.25, -0.2) is 8.42 Å². The number of carbonyl (C=O) groups is 1. The van der Waals surface area contributed by atoms with Gasteiger partial charge in [0.2, 0.25) is 0 Å². The molecule has 3 rings (SSSR count). The standard InChI is InChI=1S/C14H20N2O3S2/c1-8-2-3-10-11(6-8)20-13(15)12(10)14(17)16-9-4-5-21(18,19)7-9/h8-9H,2-7,15H2,1H3,(H,16,17)/t8-,9-/m1/s1. The minimum absolute atomic E-state index is 0.0437. The van der Waals surface area contributed by atoms with E-state index in [1.807, 2.05) is 0 Å². The van der Waals surface area contributed by atoms with Gasteiger partial charge in [-0.05, 0) is 37.2 Å². The first-order valence-electron chi connectivity index (χ1n) is 7.27. The Hall–Kier alpha value is -1.08. The second-order valence-electron chi connectivity index (χ2n) is 6.16. The van der Waals surface area contributed by atoms with Gasteiger partial charge in [-0.3, -0.25) is 4.79 Å². The van der Waals surface area contributed by atoms with Crippen molar-refractivity contribution in [3.05, 3.63) is 16.0 Å². The summed E-state index contributed by atoms with van der Waals surface area (Å²) in [4.78, 5) is 13.7. The van der Waals surface area contributed by atoms with Crippen LogP contribution in [0.5, 0.6) is 0 Å². The predicted octanol–water partition coefficient (Wildman–Crippen LogP) is 1.37. The number of rotatable bonds is 2. The van der Waals surface area contributed by atoms with Crippen LogP contribution in [0.1, 0.15) is 40.6 Å². The summed E-state index contributed by atoms with van der Waals surface area (Å²) in [5, 5.41) is 3.41. The molecule has 2 atom stereocenters. The zero-order chi connectivity index (χ0) is 15.2. The lowest BCUT2D eigenvalue weighted by molar-refractivity contribution is 0.0941. The molecule has 116 valence electrons. The summed E-state index contributed by atoms with van der Waals surface area (Å²) in [7, 11) is -2.99. The van der Waals surface area contributed by atoms with Crippen molar-refractivity contribution in [1.82, 2.24) is 5.32 Å². The molecule has 0 bridgehead atoms. The van der Waals surface area contributed by atoms with Crippen LogP contribution < -0.4 is 11.1 Å². The number of amides is 1. The molecular weight excluding hydrogens is 308 g/mol. The van der Waals surface area contributed by atoms with Crippen LogP contribution in [0.4, 0.5) is 5.00 Å². The van der Waals surface area contributed by atoms with E-state index in [-0.39, 0.29) is 23.5 Å². The van der Waals surface area contributed by atoms with E-state index in [1.54, 1.807) is 0 Å². The van der Waals surface area contributed by atoms with Gasteiger partial charge in [-0.2, -0.15) is 0 Å². The van der Waals surface area contributed by atoms with E-state index >= 15 is 0 Å². The number of anilines is 1. The van der Waals surface area contributed by atoms with E-state index < -0.39 is 9.84 Å². The number of nitrogen functional groups attached to an aromatic ring is 1. The Kier molecular flexibility index (Phi) is 3.73. The fourth-order valence-electron chi connectivity index (χ4n) is 3.19. The van der Waals surface area contributed by atoms with E-state index in [1.165, 1.54) is 16.2 Å². The summed E-state index contributed by atoms with van der Waals surface area (Å²) in [5.74, 6) is 0.627. The monoisotopic (exact) mass is 328 g/mol. The summed E-state index contributed by atoms with van der Waals surface area (Å²) < 4.78 is 22.9. The third kappa shape index (κ3) is 2.94. The van der Waals surface area contributed by atoms with Crippen LogP contribution in [0, 0.1) is 5.92 Å². The van der Waals surface area contributed by atoms with E-state index in [0.29, 0.717) is 22.9 Å². The fourth-order valence-corrected chi connectivity index (χ4v) is 6.14. The Morgan fingerprint density at radius 2 is 2.14 bits per heavy atom. The minimum atomic E-state index is -2.99. The largest absolute Gasteiger partial charge is 0.390 e. The van der Waals surface area contributed by atoms with Gasteiger partial charge >= 0.3 is 0 Å². The Morgan fingerprint density at radius 3 is 2.81 bits per heavy atom. The molecule has 0 radical (unpaired) electrons. The maximum absolute atomic E-state index is 12.5. The van der Waals surface area contributed by atoms with Gasteiger partial charge in [-0.15, -0.1) is 11.3 Å². The quantitative estimate of drug-likeness (QED) is 0.858. The number of carbonyl (C=O) groups excluding carboxylic acids is 1. The fraction of sp³-hybridized carbons (Fsp3) is 0.643. The van der Waals surface area contributed by atoms with Gasteiger partial charge in [0.05, 0.1) is 22.1 Å². The van der Waals surface area contributed by atoms with E-state index in [4.69, 9.17) is 5.73 Å². The molecule has 21 heavy (non-hydrogen) atoms. The Labute approximate surface area is 128 Å². The maximum Gasteiger partial charge on any atom is 0.254 e. The average Bonchev–Trinajstić information content (AvgIpc) is 2.87. The van der Waals surface area contributed by atoms with Crippen molar-refractivity contribution in [1.29, 1.82) is 0 Å². The molecule has 3 N–H and O–H groups in total. The van der Waals surface area contributed by atoms with Gasteiger partial charge < -0.3 is 11.1 Å². The molecule has 1 saturated heterocycles. The lowest BCUT2D eigenvalue weighted by atomic mass is 9.88. The Bertz CT molecular complexity index is 679. The summed E-state index contributed by atoms with van der Waals surface area (Å²) in [5.41, 5.74) is 7.70. The molecule has 0 aromatic carbocycles. The molecule has 1 aliphatic carbocycles. The molecule has 1 aromatic heterocycles. The Morgan fingerprint density at radius 1 is 1.38 bits per heavy atom. The molecule has 0 unspecified atom stereocenters. The van der Waals surface area contributed by atoms with Crippen molar-refractivity contribution in [3.63, 3.8) is 0 Å². The summed E-state index contributed by atoms with van der Waals surface area (Å²) >= 11 is 1.51. The van der Waals surface area contributed by atoms with Gasteiger partial charge in [0, 0.05) is 10.9 Å². The SMILES string of the molecule is C[C@@H]1CCc2c(sc(N)c2C(=O)N[C@@H]2CCS(=O)(=O)C2)C1. The molecule has 1 aromatic rings. The number of thiophene rings is 1. The van der Waals surface area contributed by atoms with Crippen LogP contribution in [0.3, 0.4) is 0 Å². The van der Waals surface area contributed by atoms with Gasteiger partial charge in [0.15, 0.2) is 9.84 Å². The van der Waals surface area contributed by atoms with Gasteiger partial charge in [-0.1, -0.05) is 6.92 Å². The van der Waals surface area contributed by atoms with Crippen molar-refractivity contribution in [3.8, 4) is 0 Å². The van der Waals surface area contributed by atoms with Crippen molar-refractivity contribution < 1.29 is 13.2 Å². The number of nitrogens with one attached hydrogen (secondary N) is 1. The van der Waals surface area contributed by atoms with Crippen LogP contribution in [0.15, 0.2) is 0 Å². The molecule has 2 aliphatic rings. The number of hydrogen-bond donors (Lipinski definition) is 2. The lowest BCUT2D eigenvalue weighted by Crippen LogP contribution is -2.36. The van der Waals surface area contributed by atoms with Crippen LogP contribution in [-0.4, -0.2) is 31.9 Å². The van der Waals surface area contributed by atoms with Gasteiger partial charge in [0.25, 0.3) is 5.91 Å². The zero-order valence-corrected chi connectivity index (χ0v) is 13.6. The molecule has 0 spiro atoms. The van der Waals surface area contributed by atoms with E-state index in [9.17, 15) is 13.2 Å². The molecule has 0 saturated carbocycles. The normalized spacial score (nSPS) is 27.3. The van der Waals surface area contributed by atoms with Crippen molar-refractivity contribution in [2.75, 3.05) is 17.2 Å². The minimum Gasteiger partial charge on any atom is -0.390 e. The molecule has 2 heterocycles. The molecule has 7 heteroatoms. The second kappa shape index (κ2) is 5.28. The smallest absolute Gasteiger partial charge is 0.254 e. The highest BCUT2D eigenvalue weighted by molar-refractivity contribution is 7.91. The molecule has 1 aliphatic heterocycles. The first kappa shape index (κ1) is 14.8. The van der Waals surface area contributed by atoms with Crippen molar-refractivity contribution in [2.24, 2.45) is 5.92 Å². The highest BCUT2D eigenvalue weighted by Crippen LogP contribution is 2.38. The van der Waals surface area contributed by atoms with Crippen LogP contribution in [0.2, 0.25) is 0 Å². The summed E-state index contributed by atoms with van der Waals surface area (Å²) in [6.45, 7) is 2.21. The highest BCUT2D eigenvalue weighted by atomic mass is 32.2. The van der Waals surface area contributed by atoms with E-state index in [2.05, 4.69) is 12.2 Å². The second-order valence-corrected chi connectivity index (χ2v) is 9.53. The average molecular weight is 328 g/mol. The number of sulfone groups is 1. The summed E-state index contributed by atoms with van der Waals surface area (Å²) in [6, 6.07) is -0.278. The molecule has 1 amide bonds. The molecule has 5 nitrogen and oxygen atoms in total. The highest BCUT2D eigenvalue weighted by Gasteiger charge is 2.32. The zero-order valence-electron chi connectivity index (χ0n) is 12.0. The Balaban J connectivity index is 1.79. The first-order chi connectivity index (χ1) is 9.85. The lowest BCUT2D eigenvalue weighted by Gasteiger charge is -2.19. The predicted molar refractivity (Wildman–Crippen MR) is 84.4 cm³/mol. The third-order valence-electron chi connectivity index (χ3n) is 4.33. The van der Waals surface area contributed by atoms with E-state index in [0.717, 1.165) is 24.8 Å². The first-order valence-corrected chi connectivity index (χ1v) is 9.91. The maximum atomic E-state index is 12.5. The third-order valence-corrected chi connectivity index (χ3v) is 7.19. The van der Waals surface area contributed by atoms with Crippen LogP contribution in [-0.2, 0) is 22.7 Å². The number of fused-ring (bicyclic) bond motifs is 1. The summed E-state index contributed by atoms with van der Waals surface area (Å²) in [6.07, 6.45) is 3.43. The van der Waals surface area contributed by atoms with Crippen molar-refractivity contribution >= 4 is 32.1 Å². The molecule has 1 fully saturated rings. The number of hydrogen-bond acceptors (Lipinski definition) is 5. The van der Waals surface area contributed by atoms with Gasteiger partial charge in [0.1, 0.15) is 0 Å². The topological polar surface area (TPSA) is 89.3 Å². The van der Waals surface area contributed by atoms with Crippen LogP contribution >= 0.6 is 11.3 Å². The van der Waals surface area contributed by atoms with Crippen LogP contribution in [0.25, 0.3) is 0 Å². The van der Waals surface area contributed by atoms with Crippen molar-refractivity contribution in [2.45, 2.75) is 38.6 Å².